The Morgan fingerprint density at radius 3 is 3.00 bits per heavy atom. The Balaban J connectivity index is 1.49. The van der Waals surface area contributed by atoms with Crippen molar-refractivity contribution >= 4 is 28.7 Å². The third-order valence-corrected chi connectivity index (χ3v) is 5.39. The fourth-order valence-electron chi connectivity index (χ4n) is 2.93. The highest BCUT2D eigenvalue weighted by Crippen LogP contribution is 2.36. The van der Waals surface area contributed by atoms with Crippen LogP contribution < -0.4 is 10.2 Å². The van der Waals surface area contributed by atoms with Gasteiger partial charge in [0.1, 0.15) is 5.82 Å². The minimum absolute atomic E-state index is 0.0999. The van der Waals surface area contributed by atoms with Crippen molar-refractivity contribution < 1.29 is 4.79 Å². The van der Waals surface area contributed by atoms with Crippen molar-refractivity contribution in [1.29, 1.82) is 0 Å². The maximum atomic E-state index is 12.5. The van der Waals surface area contributed by atoms with Gasteiger partial charge in [-0.2, -0.15) is 0 Å². The van der Waals surface area contributed by atoms with Gasteiger partial charge in [0, 0.05) is 43.0 Å². The van der Waals surface area contributed by atoms with Gasteiger partial charge >= 0.3 is 0 Å². The first-order chi connectivity index (χ1) is 12.2. The van der Waals surface area contributed by atoms with Crippen LogP contribution in [-0.4, -0.2) is 22.4 Å². The van der Waals surface area contributed by atoms with E-state index in [4.69, 9.17) is 0 Å². The van der Waals surface area contributed by atoms with E-state index in [1.54, 1.807) is 23.7 Å². The van der Waals surface area contributed by atoms with Gasteiger partial charge in [-0.25, -0.2) is 4.98 Å². The Kier molecular flexibility index (Phi) is 4.19. The second-order valence-electron chi connectivity index (χ2n) is 6.13. The lowest BCUT2D eigenvalue weighted by Crippen LogP contribution is -2.20. The van der Waals surface area contributed by atoms with Gasteiger partial charge in [-0.05, 0) is 36.2 Å². The van der Waals surface area contributed by atoms with Crippen LogP contribution in [0.5, 0.6) is 0 Å². The molecule has 4 rings (SSSR count). The molecule has 0 unspecified atom stereocenters. The Morgan fingerprint density at radius 2 is 2.24 bits per heavy atom. The summed E-state index contributed by atoms with van der Waals surface area (Å²) < 4.78 is 0. The molecule has 0 spiro atoms. The first-order valence-electron chi connectivity index (χ1n) is 8.19. The number of aromatic nitrogens is 2. The number of rotatable bonds is 4. The summed E-state index contributed by atoms with van der Waals surface area (Å²) in [5, 5.41) is 2.87. The minimum Gasteiger partial charge on any atom is -0.366 e. The fraction of sp³-hybridized carbons (Fsp3) is 0.211. The zero-order valence-electron chi connectivity index (χ0n) is 13.9. The Labute approximate surface area is 150 Å². The summed E-state index contributed by atoms with van der Waals surface area (Å²) in [5.74, 6) is 0.480. The van der Waals surface area contributed by atoms with Gasteiger partial charge in [-0.1, -0.05) is 12.1 Å². The molecule has 0 aliphatic carbocycles. The third-order valence-electron chi connectivity index (χ3n) is 4.21. The molecule has 0 bridgehead atoms. The van der Waals surface area contributed by atoms with Gasteiger partial charge in [0.2, 0.25) is 0 Å². The number of hydrogen-bond donors (Lipinski definition) is 1. The normalized spacial score (nSPS) is 12.9. The van der Waals surface area contributed by atoms with E-state index in [2.05, 4.69) is 26.3 Å². The van der Waals surface area contributed by atoms with E-state index in [1.807, 2.05) is 37.4 Å². The summed E-state index contributed by atoms with van der Waals surface area (Å²) in [6.07, 6.45) is 6.40. The number of hydrogen-bond acceptors (Lipinski definition) is 5. The molecule has 3 aromatic heterocycles. The number of thiophene rings is 1. The maximum Gasteiger partial charge on any atom is 0.266 e. The standard InChI is InChI=1S/C19H18N4OS/c1-13-4-5-18(21-10-13)22-19(24)17-9-15-16(25-17)6-8-23(15)12-14-3-2-7-20-11-14/h2-5,7,9-11H,6,8,12H2,1H3,(H,21,22,24). The van der Waals surface area contributed by atoms with Crippen LogP contribution in [0.4, 0.5) is 11.5 Å². The van der Waals surface area contributed by atoms with Crippen molar-refractivity contribution in [3.63, 3.8) is 0 Å². The van der Waals surface area contributed by atoms with Gasteiger partial charge in [0.25, 0.3) is 5.91 Å². The molecule has 0 saturated heterocycles. The van der Waals surface area contributed by atoms with E-state index >= 15 is 0 Å². The van der Waals surface area contributed by atoms with E-state index < -0.39 is 0 Å². The lowest BCUT2D eigenvalue weighted by atomic mass is 10.2. The highest BCUT2D eigenvalue weighted by Gasteiger charge is 2.24. The predicted molar refractivity (Wildman–Crippen MR) is 100 cm³/mol. The molecule has 0 atom stereocenters. The molecule has 6 heteroatoms. The summed E-state index contributed by atoms with van der Waals surface area (Å²) in [4.78, 5) is 25.2. The minimum atomic E-state index is -0.0999. The van der Waals surface area contributed by atoms with E-state index in [0.717, 1.165) is 35.6 Å². The monoisotopic (exact) mass is 350 g/mol. The van der Waals surface area contributed by atoms with Crippen LogP contribution in [0.15, 0.2) is 48.9 Å². The highest BCUT2D eigenvalue weighted by molar-refractivity contribution is 7.14. The van der Waals surface area contributed by atoms with Crippen LogP contribution in [0.25, 0.3) is 0 Å². The summed E-state index contributed by atoms with van der Waals surface area (Å²) >= 11 is 1.57. The average Bonchev–Trinajstić information content (AvgIpc) is 3.20. The molecule has 5 nitrogen and oxygen atoms in total. The number of amides is 1. The number of nitrogens with one attached hydrogen (secondary N) is 1. The summed E-state index contributed by atoms with van der Waals surface area (Å²) in [5.41, 5.74) is 3.41. The molecular formula is C19H18N4OS. The van der Waals surface area contributed by atoms with Crippen molar-refractivity contribution in [2.45, 2.75) is 19.9 Å². The second-order valence-corrected chi connectivity index (χ2v) is 7.26. The van der Waals surface area contributed by atoms with E-state index in [-0.39, 0.29) is 5.91 Å². The number of pyridine rings is 2. The molecule has 0 saturated carbocycles. The summed E-state index contributed by atoms with van der Waals surface area (Å²) in [7, 11) is 0. The molecule has 1 amide bonds. The number of carbonyl (C=O) groups is 1. The van der Waals surface area contributed by atoms with Crippen LogP contribution in [-0.2, 0) is 13.0 Å². The van der Waals surface area contributed by atoms with Gasteiger partial charge < -0.3 is 10.2 Å². The summed E-state index contributed by atoms with van der Waals surface area (Å²) in [6.45, 7) is 3.77. The van der Waals surface area contributed by atoms with E-state index in [0.29, 0.717) is 5.82 Å². The molecule has 3 aromatic rings. The molecule has 0 fully saturated rings. The predicted octanol–water partition coefficient (Wildman–Crippen LogP) is 3.66. The van der Waals surface area contributed by atoms with Crippen LogP contribution in [0, 0.1) is 6.92 Å². The smallest absolute Gasteiger partial charge is 0.266 e. The first kappa shape index (κ1) is 15.8. The molecule has 0 aromatic carbocycles. The second kappa shape index (κ2) is 6.64. The number of anilines is 2. The third kappa shape index (κ3) is 3.39. The van der Waals surface area contributed by atoms with Gasteiger partial charge in [0.15, 0.2) is 0 Å². The van der Waals surface area contributed by atoms with Gasteiger partial charge in [0.05, 0.1) is 10.6 Å². The Bertz CT molecular complexity index is 890. The molecule has 126 valence electrons. The topological polar surface area (TPSA) is 58.1 Å². The Morgan fingerprint density at radius 1 is 1.32 bits per heavy atom. The highest BCUT2D eigenvalue weighted by atomic mass is 32.1. The summed E-state index contributed by atoms with van der Waals surface area (Å²) in [6, 6.07) is 9.78. The number of fused-ring (bicyclic) bond motifs is 1. The van der Waals surface area contributed by atoms with Gasteiger partial charge in [-0.3, -0.25) is 9.78 Å². The SMILES string of the molecule is Cc1ccc(NC(=O)c2cc3c(s2)CCN3Cc2cccnc2)nc1. The van der Waals surface area contributed by atoms with Crippen molar-refractivity contribution in [1.82, 2.24) is 9.97 Å². The Hall–Kier alpha value is -2.73. The van der Waals surface area contributed by atoms with E-state index in [1.165, 1.54) is 10.4 Å². The quantitative estimate of drug-likeness (QED) is 0.780. The number of nitrogens with zero attached hydrogens (tertiary/aromatic N) is 3. The molecule has 4 heterocycles. The zero-order chi connectivity index (χ0) is 17.2. The van der Waals surface area contributed by atoms with E-state index in [9.17, 15) is 4.79 Å². The molecule has 1 aliphatic heterocycles. The number of aryl methyl sites for hydroxylation is 1. The van der Waals surface area contributed by atoms with Crippen molar-refractivity contribution in [3.8, 4) is 0 Å². The van der Waals surface area contributed by atoms with Crippen molar-refractivity contribution in [3.05, 3.63) is 69.8 Å². The van der Waals surface area contributed by atoms with Crippen molar-refractivity contribution in [2.24, 2.45) is 0 Å². The molecular weight excluding hydrogens is 332 g/mol. The zero-order valence-corrected chi connectivity index (χ0v) is 14.7. The lowest BCUT2D eigenvalue weighted by Gasteiger charge is -2.18. The van der Waals surface area contributed by atoms with Crippen LogP contribution >= 0.6 is 11.3 Å². The number of carbonyl (C=O) groups excluding carboxylic acids is 1. The fourth-order valence-corrected chi connectivity index (χ4v) is 4.00. The molecule has 1 N–H and O–H groups in total. The van der Waals surface area contributed by atoms with Crippen LogP contribution in [0.2, 0.25) is 0 Å². The van der Waals surface area contributed by atoms with Gasteiger partial charge in [-0.15, -0.1) is 11.3 Å². The average molecular weight is 350 g/mol. The van der Waals surface area contributed by atoms with Crippen molar-refractivity contribution in [2.75, 3.05) is 16.8 Å². The molecule has 25 heavy (non-hydrogen) atoms. The van der Waals surface area contributed by atoms with Crippen LogP contribution in [0.1, 0.15) is 25.7 Å². The largest absolute Gasteiger partial charge is 0.366 e. The molecule has 0 radical (unpaired) electrons. The first-order valence-corrected chi connectivity index (χ1v) is 9.01. The lowest BCUT2D eigenvalue weighted by molar-refractivity contribution is 0.103. The van der Waals surface area contributed by atoms with Crippen LogP contribution in [0.3, 0.4) is 0 Å². The molecule has 1 aliphatic rings. The maximum absolute atomic E-state index is 12.5.